The molecule has 3 aromatic rings. The summed E-state index contributed by atoms with van der Waals surface area (Å²) in [4.78, 5) is 12.3. The van der Waals surface area contributed by atoms with E-state index in [-0.39, 0.29) is 16.3 Å². The summed E-state index contributed by atoms with van der Waals surface area (Å²) in [7, 11) is -2.95. The van der Waals surface area contributed by atoms with Crippen molar-refractivity contribution in [1.29, 1.82) is 0 Å². The van der Waals surface area contributed by atoms with E-state index in [1.807, 2.05) is 0 Å². The monoisotopic (exact) mass is 450 g/mol. The highest BCUT2D eigenvalue weighted by Crippen LogP contribution is 2.27. The van der Waals surface area contributed by atoms with Crippen LogP contribution >= 0.6 is 0 Å². The van der Waals surface area contributed by atoms with E-state index in [1.165, 1.54) is 49.6 Å². The SMILES string of the molecule is COc1ccc(S(=O)(=O)N(CC(=O)Nc2ccc(F)c(F)c2)c2ccccc2F)cc1. The molecule has 162 valence electrons. The van der Waals surface area contributed by atoms with Gasteiger partial charge in [-0.05, 0) is 48.5 Å². The summed E-state index contributed by atoms with van der Waals surface area (Å²) in [5.41, 5.74) is -0.432. The normalized spacial score (nSPS) is 11.1. The van der Waals surface area contributed by atoms with Gasteiger partial charge in [0.05, 0.1) is 17.7 Å². The number of rotatable bonds is 7. The number of methoxy groups -OCH3 is 1. The number of para-hydroxylation sites is 1. The number of carbonyl (C=O) groups excluding carboxylic acids is 1. The average Bonchev–Trinajstić information content (AvgIpc) is 2.75. The molecular weight excluding hydrogens is 433 g/mol. The first-order chi connectivity index (χ1) is 14.7. The standard InChI is InChI=1S/C21H17F3N2O4S/c1-30-15-7-9-16(10-8-15)31(28,29)26(20-5-3-2-4-18(20)23)13-21(27)25-14-6-11-17(22)19(24)12-14/h2-12H,13H2,1H3,(H,25,27). The van der Waals surface area contributed by atoms with Crippen molar-refractivity contribution in [2.75, 3.05) is 23.3 Å². The Morgan fingerprint density at radius 2 is 1.61 bits per heavy atom. The van der Waals surface area contributed by atoms with Crippen LogP contribution in [0, 0.1) is 17.5 Å². The number of ether oxygens (including phenoxy) is 1. The van der Waals surface area contributed by atoms with Gasteiger partial charge in [0.2, 0.25) is 5.91 Å². The van der Waals surface area contributed by atoms with Crippen molar-refractivity contribution in [2.45, 2.75) is 4.90 Å². The minimum absolute atomic E-state index is 0.0840. The predicted octanol–water partition coefficient (Wildman–Crippen LogP) is 3.95. The summed E-state index contributed by atoms with van der Waals surface area (Å²) in [6, 6.07) is 13.1. The number of nitrogens with zero attached hydrogens (tertiary/aromatic N) is 1. The molecule has 0 atom stereocenters. The number of hydrogen-bond acceptors (Lipinski definition) is 4. The molecule has 6 nitrogen and oxygen atoms in total. The van der Waals surface area contributed by atoms with Gasteiger partial charge in [0.25, 0.3) is 10.0 Å². The van der Waals surface area contributed by atoms with Crippen LogP contribution in [0.25, 0.3) is 0 Å². The van der Waals surface area contributed by atoms with Crippen LogP contribution in [0.15, 0.2) is 71.6 Å². The van der Waals surface area contributed by atoms with Crippen LogP contribution in [0.5, 0.6) is 5.75 Å². The van der Waals surface area contributed by atoms with E-state index in [1.54, 1.807) is 0 Å². The second kappa shape index (κ2) is 9.09. The number of carbonyl (C=O) groups is 1. The maximum Gasteiger partial charge on any atom is 0.264 e. The van der Waals surface area contributed by atoms with Gasteiger partial charge in [-0.1, -0.05) is 12.1 Å². The molecular formula is C21H17F3N2O4S. The molecule has 0 spiro atoms. The Hall–Kier alpha value is -3.53. The van der Waals surface area contributed by atoms with Crippen LogP contribution in [0.1, 0.15) is 0 Å². The highest BCUT2D eigenvalue weighted by Gasteiger charge is 2.29. The molecule has 0 heterocycles. The maximum absolute atomic E-state index is 14.4. The third kappa shape index (κ3) is 4.97. The molecule has 0 unspecified atom stereocenters. The van der Waals surface area contributed by atoms with Crippen molar-refractivity contribution in [3.05, 3.63) is 84.2 Å². The lowest BCUT2D eigenvalue weighted by atomic mass is 10.3. The van der Waals surface area contributed by atoms with Gasteiger partial charge in [0.1, 0.15) is 18.1 Å². The Balaban J connectivity index is 1.95. The molecule has 31 heavy (non-hydrogen) atoms. The van der Waals surface area contributed by atoms with E-state index in [4.69, 9.17) is 4.74 Å². The van der Waals surface area contributed by atoms with Crippen LogP contribution in [0.2, 0.25) is 0 Å². The topological polar surface area (TPSA) is 75.7 Å². The van der Waals surface area contributed by atoms with Crippen molar-refractivity contribution >= 4 is 27.3 Å². The Labute approximate surface area is 176 Å². The number of benzene rings is 3. The quantitative estimate of drug-likeness (QED) is 0.592. The number of anilines is 2. The van der Waals surface area contributed by atoms with E-state index in [0.29, 0.717) is 10.1 Å². The van der Waals surface area contributed by atoms with Crippen molar-refractivity contribution in [1.82, 2.24) is 0 Å². The summed E-state index contributed by atoms with van der Waals surface area (Å²) in [5, 5.41) is 2.28. The number of amides is 1. The van der Waals surface area contributed by atoms with Crippen molar-refractivity contribution in [2.24, 2.45) is 0 Å². The third-order valence-corrected chi connectivity index (χ3v) is 6.03. The fourth-order valence-corrected chi connectivity index (χ4v) is 4.16. The van der Waals surface area contributed by atoms with E-state index in [9.17, 15) is 26.4 Å². The average molecular weight is 450 g/mol. The highest BCUT2D eigenvalue weighted by atomic mass is 32.2. The second-order valence-corrected chi connectivity index (χ2v) is 8.18. The van der Waals surface area contributed by atoms with Crippen molar-refractivity contribution in [3.8, 4) is 5.75 Å². The van der Waals surface area contributed by atoms with Gasteiger partial charge in [0, 0.05) is 11.8 Å². The van der Waals surface area contributed by atoms with Gasteiger partial charge in [-0.3, -0.25) is 9.10 Å². The van der Waals surface area contributed by atoms with Crippen LogP contribution in [0.4, 0.5) is 24.5 Å². The summed E-state index contributed by atoms with van der Waals surface area (Å²) in [6.07, 6.45) is 0. The molecule has 3 rings (SSSR count). The Morgan fingerprint density at radius 1 is 0.935 bits per heavy atom. The van der Waals surface area contributed by atoms with E-state index >= 15 is 0 Å². The lowest BCUT2D eigenvalue weighted by Crippen LogP contribution is -2.38. The first-order valence-electron chi connectivity index (χ1n) is 8.88. The molecule has 0 aliphatic heterocycles. The van der Waals surface area contributed by atoms with Gasteiger partial charge in [0.15, 0.2) is 11.6 Å². The van der Waals surface area contributed by atoms with E-state index < -0.39 is 39.9 Å². The largest absolute Gasteiger partial charge is 0.497 e. The summed E-state index contributed by atoms with van der Waals surface area (Å²) >= 11 is 0. The van der Waals surface area contributed by atoms with Gasteiger partial charge >= 0.3 is 0 Å². The molecule has 1 N–H and O–H groups in total. The van der Waals surface area contributed by atoms with Gasteiger partial charge < -0.3 is 10.1 Å². The molecule has 0 saturated heterocycles. The van der Waals surface area contributed by atoms with Gasteiger partial charge in [-0.25, -0.2) is 21.6 Å². The van der Waals surface area contributed by atoms with Crippen LogP contribution in [0.3, 0.4) is 0 Å². The Kier molecular flexibility index (Phi) is 6.50. The number of nitrogens with one attached hydrogen (secondary N) is 1. The predicted molar refractivity (Wildman–Crippen MR) is 109 cm³/mol. The van der Waals surface area contributed by atoms with E-state index in [2.05, 4.69) is 5.32 Å². The fraction of sp³-hybridized carbons (Fsp3) is 0.0952. The highest BCUT2D eigenvalue weighted by molar-refractivity contribution is 7.92. The number of hydrogen-bond donors (Lipinski definition) is 1. The molecule has 0 aliphatic carbocycles. The van der Waals surface area contributed by atoms with Crippen molar-refractivity contribution in [3.63, 3.8) is 0 Å². The minimum atomic E-state index is -4.36. The lowest BCUT2D eigenvalue weighted by molar-refractivity contribution is -0.114. The van der Waals surface area contributed by atoms with Crippen molar-refractivity contribution < 1.29 is 31.1 Å². The first-order valence-corrected chi connectivity index (χ1v) is 10.3. The third-order valence-electron chi connectivity index (χ3n) is 4.26. The molecule has 1 amide bonds. The molecule has 0 fully saturated rings. The molecule has 0 aliphatic rings. The lowest BCUT2D eigenvalue weighted by Gasteiger charge is -2.24. The smallest absolute Gasteiger partial charge is 0.264 e. The molecule has 0 aromatic heterocycles. The van der Waals surface area contributed by atoms with Crippen LogP contribution in [-0.2, 0) is 14.8 Å². The van der Waals surface area contributed by atoms with Gasteiger partial charge in [-0.2, -0.15) is 0 Å². The zero-order valence-corrected chi connectivity index (χ0v) is 17.0. The minimum Gasteiger partial charge on any atom is -0.497 e. The molecule has 0 bridgehead atoms. The second-order valence-electron chi connectivity index (χ2n) is 6.32. The van der Waals surface area contributed by atoms with Gasteiger partial charge in [-0.15, -0.1) is 0 Å². The summed E-state index contributed by atoms with van der Waals surface area (Å²) in [6.45, 7) is -0.811. The zero-order valence-electron chi connectivity index (χ0n) is 16.2. The summed E-state index contributed by atoms with van der Waals surface area (Å²) in [5.74, 6) is -3.62. The van der Waals surface area contributed by atoms with Crippen LogP contribution in [-0.4, -0.2) is 28.0 Å². The molecule has 0 radical (unpaired) electrons. The fourth-order valence-electron chi connectivity index (χ4n) is 2.73. The summed E-state index contributed by atoms with van der Waals surface area (Å²) < 4.78 is 72.9. The molecule has 10 heteroatoms. The number of halogens is 3. The Morgan fingerprint density at radius 3 is 2.23 bits per heavy atom. The van der Waals surface area contributed by atoms with E-state index in [0.717, 1.165) is 24.3 Å². The number of sulfonamides is 1. The Bertz CT molecular complexity index is 1200. The molecule has 3 aromatic carbocycles. The molecule has 0 saturated carbocycles. The first kappa shape index (κ1) is 22.2. The maximum atomic E-state index is 14.4. The zero-order chi connectivity index (χ0) is 22.6. The van der Waals surface area contributed by atoms with Crippen LogP contribution < -0.4 is 14.4 Å².